The minimum Gasteiger partial charge on any atom is -0.463 e. The van der Waals surface area contributed by atoms with Gasteiger partial charge in [-0.1, -0.05) is 40.0 Å². The van der Waals surface area contributed by atoms with E-state index in [1.54, 1.807) is 0 Å². The summed E-state index contributed by atoms with van der Waals surface area (Å²) in [7, 11) is 0. The van der Waals surface area contributed by atoms with Crippen LogP contribution in [0.3, 0.4) is 0 Å². The molecule has 1 saturated heterocycles. The summed E-state index contributed by atoms with van der Waals surface area (Å²) in [6, 6.07) is 0. The van der Waals surface area contributed by atoms with E-state index in [1.807, 2.05) is 6.26 Å². The van der Waals surface area contributed by atoms with Crippen LogP contribution >= 0.6 is 46.6 Å². The van der Waals surface area contributed by atoms with Gasteiger partial charge < -0.3 is 18.9 Å². The fourth-order valence-corrected chi connectivity index (χ4v) is 3.43. The van der Waals surface area contributed by atoms with Crippen LogP contribution < -0.4 is 0 Å². The number of aromatic nitrogens is 5. The summed E-state index contributed by atoms with van der Waals surface area (Å²) in [6.45, 7) is 3.46. The van der Waals surface area contributed by atoms with Crippen molar-refractivity contribution in [3.8, 4) is 0 Å². The van der Waals surface area contributed by atoms with Gasteiger partial charge in [-0.25, -0.2) is 9.97 Å². The Kier molecular flexibility index (Phi) is 10.4. The van der Waals surface area contributed by atoms with Crippen molar-refractivity contribution >= 4 is 75.6 Å². The number of rotatable bonds is 6. The van der Waals surface area contributed by atoms with Gasteiger partial charge in [-0.3, -0.25) is 14.4 Å². The van der Waals surface area contributed by atoms with Crippen molar-refractivity contribution in [1.82, 2.24) is 25.0 Å². The summed E-state index contributed by atoms with van der Waals surface area (Å²) < 4.78 is 22.2. The Balaban J connectivity index is 0.000000890. The van der Waals surface area contributed by atoms with Crippen molar-refractivity contribution < 1.29 is 33.3 Å². The molecule has 0 aliphatic carbocycles. The first-order valence-electron chi connectivity index (χ1n) is 9.20. The monoisotopic (exact) mass is 543 g/mol. The largest absolute Gasteiger partial charge is 0.463 e. The fourth-order valence-electron chi connectivity index (χ4n) is 2.95. The quantitative estimate of drug-likeness (QED) is 0.173. The topological polar surface area (TPSA) is 145 Å². The van der Waals surface area contributed by atoms with E-state index in [2.05, 4.69) is 20.3 Å². The molecule has 0 aromatic carbocycles. The molecular weight excluding hydrogens is 525 g/mol. The molecule has 4 atom stereocenters. The molecule has 0 bridgehead atoms. The lowest BCUT2D eigenvalue weighted by molar-refractivity contribution is -0.166. The van der Waals surface area contributed by atoms with Gasteiger partial charge >= 0.3 is 17.9 Å². The molecule has 0 N–H and O–H groups in total. The van der Waals surface area contributed by atoms with Gasteiger partial charge in [0.05, 0.1) is 0 Å². The normalized spacial score (nSPS) is 21.9. The molecule has 1 fully saturated rings. The van der Waals surface area contributed by atoms with Crippen molar-refractivity contribution in [2.24, 2.45) is 0 Å². The van der Waals surface area contributed by atoms with Crippen LogP contribution in [0.15, 0.2) is 11.4 Å². The Hall–Kier alpha value is -1.93. The molecule has 2 aromatic heterocycles. The highest BCUT2D eigenvalue weighted by atomic mass is 35.6. The fraction of sp³-hybridized carbons (Fsp3) is 0.588. The highest BCUT2D eigenvalue weighted by Crippen LogP contribution is 2.35. The predicted molar refractivity (Wildman–Crippen MR) is 118 cm³/mol. The number of carbonyl (C=O) groups is 3. The lowest BCUT2D eigenvalue weighted by atomic mass is 10.1. The minimum atomic E-state index is -1.06. The smallest absolute Gasteiger partial charge is 0.303 e. The van der Waals surface area contributed by atoms with Crippen LogP contribution in [0.2, 0.25) is 0 Å². The van der Waals surface area contributed by atoms with E-state index in [0.717, 1.165) is 0 Å². The number of esters is 3. The summed E-state index contributed by atoms with van der Waals surface area (Å²) in [6.07, 6.45) is -0.808. The SMILES string of the molecule is CSc1ncnc2c1nnn2C1OC(COC(C)=O)C(OC(C)=O)C1OC(C)=O.ClC(Cl)Cl. The summed E-state index contributed by atoms with van der Waals surface area (Å²) in [5.41, 5.74) is 0.791. The molecule has 182 valence electrons. The maximum absolute atomic E-state index is 11.7. The summed E-state index contributed by atoms with van der Waals surface area (Å²) in [5.74, 6) is -1.76. The highest BCUT2D eigenvalue weighted by molar-refractivity contribution is 7.98. The summed E-state index contributed by atoms with van der Waals surface area (Å²) in [5, 5.41) is 8.77. The number of hydrogen-bond donors (Lipinski definition) is 0. The number of carbonyl (C=O) groups excluding carboxylic acids is 3. The number of thioether (sulfide) groups is 1. The number of halogens is 3. The molecule has 3 heterocycles. The maximum Gasteiger partial charge on any atom is 0.303 e. The third-order valence-electron chi connectivity index (χ3n) is 4.00. The molecule has 2 aromatic rings. The third-order valence-corrected chi connectivity index (χ3v) is 4.69. The van der Waals surface area contributed by atoms with Gasteiger partial charge in [0.2, 0.25) is 0 Å². The number of fused-ring (bicyclic) bond motifs is 1. The number of ether oxygens (including phenoxy) is 4. The van der Waals surface area contributed by atoms with Crippen molar-refractivity contribution in [1.29, 1.82) is 0 Å². The van der Waals surface area contributed by atoms with Gasteiger partial charge in [0.25, 0.3) is 0 Å². The second-order valence-electron chi connectivity index (χ2n) is 6.35. The van der Waals surface area contributed by atoms with Gasteiger partial charge in [-0.15, -0.1) is 16.9 Å². The number of hydrogen-bond acceptors (Lipinski definition) is 12. The van der Waals surface area contributed by atoms with Gasteiger partial charge in [0.15, 0.2) is 33.9 Å². The molecule has 0 saturated carbocycles. The molecule has 3 rings (SSSR count). The Morgan fingerprint density at radius 2 is 1.70 bits per heavy atom. The van der Waals surface area contributed by atoms with E-state index in [-0.39, 0.29) is 6.61 Å². The molecule has 12 nitrogen and oxygen atoms in total. The first kappa shape index (κ1) is 27.3. The van der Waals surface area contributed by atoms with E-state index >= 15 is 0 Å². The van der Waals surface area contributed by atoms with Gasteiger partial charge in [0.1, 0.15) is 24.1 Å². The number of nitrogens with zero attached hydrogens (tertiary/aromatic N) is 5. The summed E-state index contributed by atoms with van der Waals surface area (Å²) in [4.78, 5) is 42.9. The second kappa shape index (κ2) is 12.5. The first-order valence-corrected chi connectivity index (χ1v) is 11.7. The Bertz CT molecular complexity index is 992. The number of alkyl halides is 3. The average molecular weight is 545 g/mol. The summed E-state index contributed by atoms with van der Waals surface area (Å²) >= 11 is 15.8. The van der Waals surface area contributed by atoms with Crippen LogP contribution in [0.1, 0.15) is 27.0 Å². The maximum atomic E-state index is 11.7. The van der Waals surface area contributed by atoms with Crippen molar-refractivity contribution in [2.75, 3.05) is 12.9 Å². The van der Waals surface area contributed by atoms with Crippen LogP contribution in [-0.2, 0) is 33.3 Å². The second-order valence-corrected chi connectivity index (χ2v) is 9.13. The van der Waals surface area contributed by atoms with E-state index in [0.29, 0.717) is 16.2 Å². The van der Waals surface area contributed by atoms with E-state index in [4.69, 9.17) is 53.8 Å². The molecule has 0 amide bonds. The standard InChI is InChI=1S/C16H19N5O7S.CHCl3/c1-7(22)25-5-10-12(26-8(2)23)13(27-9(3)24)16(28-10)21-14-11(19-20-21)15(29-4)18-6-17-14;2-1(3)4/h6,10,12-13,16H,5H2,1-4H3;1H. The molecule has 1 aliphatic heterocycles. The molecule has 33 heavy (non-hydrogen) atoms. The van der Waals surface area contributed by atoms with Crippen LogP contribution in [-0.4, -0.2) is 78.3 Å². The van der Waals surface area contributed by atoms with Crippen molar-refractivity contribution in [2.45, 2.75) is 54.6 Å². The van der Waals surface area contributed by atoms with Crippen LogP contribution in [0, 0.1) is 0 Å². The molecule has 1 aliphatic rings. The van der Waals surface area contributed by atoms with E-state index < -0.39 is 46.7 Å². The molecule has 16 heteroatoms. The predicted octanol–water partition coefficient (Wildman–Crippen LogP) is 2.25. The molecular formula is C17H20Cl3N5O7S. The van der Waals surface area contributed by atoms with Crippen LogP contribution in [0.4, 0.5) is 0 Å². The van der Waals surface area contributed by atoms with Crippen LogP contribution in [0.25, 0.3) is 11.2 Å². The Labute approximate surface area is 207 Å². The van der Waals surface area contributed by atoms with Crippen molar-refractivity contribution in [3.63, 3.8) is 0 Å². The molecule has 0 radical (unpaired) electrons. The third kappa shape index (κ3) is 7.54. The Morgan fingerprint density at radius 1 is 1.09 bits per heavy atom. The lowest BCUT2D eigenvalue weighted by Gasteiger charge is -2.23. The zero-order chi connectivity index (χ0) is 24.7. The van der Waals surface area contributed by atoms with Gasteiger partial charge in [-0.2, -0.15) is 4.68 Å². The van der Waals surface area contributed by atoms with Crippen molar-refractivity contribution in [3.05, 3.63) is 6.33 Å². The lowest BCUT2D eigenvalue weighted by Crippen LogP contribution is -2.40. The van der Waals surface area contributed by atoms with Gasteiger partial charge in [0, 0.05) is 20.8 Å². The van der Waals surface area contributed by atoms with E-state index in [1.165, 1.54) is 43.5 Å². The van der Waals surface area contributed by atoms with Gasteiger partial charge in [-0.05, 0) is 6.26 Å². The van der Waals surface area contributed by atoms with Crippen LogP contribution in [0.5, 0.6) is 0 Å². The molecule has 4 unspecified atom stereocenters. The average Bonchev–Trinajstić information content (AvgIpc) is 3.27. The zero-order valence-electron chi connectivity index (χ0n) is 17.8. The molecule has 0 spiro atoms. The minimum absolute atomic E-state index is 0.209. The first-order chi connectivity index (χ1) is 15.5. The highest BCUT2D eigenvalue weighted by Gasteiger charge is 2.51. The zero-order valence-corrected chi connectivity index (χ0v) is 20.9. The van der Waals surface area contributed by atoms with E-state index in [9.17, 15) is 14.4 Å². The Morgan fingerprint density at radius 3 is 2.24 bits per heavy atom.